The Kier molecular flexibility index (Phi) is 4.49. The summed E-state index contributed by atoms with van der Waals surface area (Å²) in [6, 6.07) is 10.2. The van der Waals surface area contributed by atoms with Gasteiger partial charge in [-0.05, 0) is 42.7 Å². The van der Waals surface area contributed by atoms with E-state index in [-0.39, 0.29) is 36.0 Å². The highest BCUT2D eigenvalue weighted by Gasteiger charge is 2.41. The lowest BCUT2D eigenvalue weighted by molar-refractivity contribution is -0.137. The lowest BCUT2D eigenvalue weighted by Gasteiger charge is -2.25. The van der Waals surface area contributed by atoms with Gasteiger partial charge in [0.05, 0.1) is 18.7 Å². The van der Waals surface area contributed by atoms with E-state index < -0.39 is 0 Å². The fourth-order valence-electron chi connectivity index (χ4n) is 3.52. The van der Waals surface area contributed by atoms with Gasteiger partial charge in [-0.25, -0.2) is 4.39 Å². The van der Waals surface area contributed by atoms with Crippen molar-refractivity contribution in [2.24, 2.45) is 5.92 Å². The van der Waals surface area contributed by atoms with Crippen LogP contribution in [0.25, 0.3) is 0 Å². The van der Waals surface area contributed by atoms with Gasteiger partial charge in [0, 0.05) is 25.6 Å². The number of benzene rings is 1. The van der Waals surface area contributed by atoms with Crippen molar-refractivity contribution in [1.29, 1.82) is 0 Å². The Hall–Kier alpha value is -2.63. The lowest BCUT2D eigenvalue weighted by Crippen LogP contribution is -2.38. The second kappa shape index (κ2) is 6.94. The Morgan fingerprint density at radius 2 is 2.12 bits per heavy atom. The van der Waals surface area contributed by atoms with Crippen LogP contribution in [0.2, 0.25) is 0 Å². The van der Waals surface area contributed by atoms with Gasteiger partial charge in [-0.3, -0.25) is 9.59 Å². The molecule has 2 amide bonds. The number of carbonyl (C=O) groups excluding carboxylic acids is 2. The molecule has 1 atom stereocenters. The molecule has 1 unspecified atom stereocenters. The van der Waals surface area contributed by atoms with Crippen LogP contribution in [0.4, 0.5) is 4.39 Å². The van der Waals surface area contributed by atoms with Gasteiger partial charge in [0.2, 0.25) is 11.8 Å². The first kappa shape index (κ1) is 16.8. The molecular weight excluding hydrogens is 335 g/mol. The monoisotopic (exact) mass is 356 g/mol. The van der Waals surface area contributed by atoms with Gasteiger partial charge in [0.15, 0.2) is 0 Å². The SMILES string of the molecule is O=C1CC(C(=O)N(Cc2cccc(F)c2)C2CC2)CN1Cc1ccco1. The minimum absolute atomic E-state index is 0.00736. The molecule has 2 heterocycles. The average molecular weight is 356 g/mol. The summed E-state index contributed by atoms with van der Waals surface area (Å²) in [5.41, 5.74) is 0.780. The van der Waals surface area contributed by atoms with E-state index in [1.807, 2.05) is 17.0 Å². The third-order valence-electron chi connectivity index (χ3n) is 5.00. The molecule has 0 bridgehead atoms. The van der Waals surface area contributed by atoms with Crippen LogP contribution in [-0.4, -0.2) is 34.2 Å². The van der Waals surface area contributed by atoms with Crippen LogP contribution < -0.4 is 0 Å². The predicted octanol–water partition coefficient (Wildman–Crippen LogP) is 2.96. The van der Waals surface area contributed by atoms with Crippen molar-refractivity contribution >= 4 is 11.8 Å². The van der Waals surface area contributed by atoms with Gasteiger partial charge in [0.25, 0.3) is 0 Å². The average Bonchev–Trinajstić information content (AvgIpc) is 3.21. The Balaban J connectivity index is 1.44. The maximum absolute atomic E-state index is 13.5. The van der Waals surface area contributed by atoms with E-state index in [0.29, 0.717) is 25.4 Å². The Bertz CT molecular complexity index is 801. The molecule has 136 valence electrons. The first-order chi connectivity index (χ1) is 12.6. The summed E-state index contributed by atoms with van der Waals surface area (Å²) < 4.78 is 18.8. The van der Waals surface area contributed by atoms with Crippen molar-refractivity contribution in [3.63, 3.8) is 0 Å². The minimum atomic E-state index is -0.341. The number of hydrogen-bond acceptors (Lipinski definition) is 3. The van der Waals surface area contributed by atoms with Crippen LogP contribution in [0.1, 0.15) is 30.6 Å². The second-order valence-corrected chi connectivity index (χ2v) is 7.08. The number of carbonyl (C=O) groups is 2. The van der Waals surface area contributed by atoms with Gasteiger partial charge < -0.3 is 14.2 Å². The molecule has 2 aliphatic rings. The van der Waals surface area contributed by atoms with E-state index in [0.717, 1.165) is 18.4 Å². The third-order valence-corrected chi connectivity index (χ3v) is 5.00. The van der Waals surface area contributed by atoms with Crippen LogP contribution in [0, 0.1) is 11.7 Å². The van der Waals surface area contributed by atoms with Gasteiger partial charge in [-0.2, -0.15) is 0 Å². The quantitative estimate of drug-likeness (QED) is 0.800. The molecule has 0 spiro atoms. The van der Waals surface area contributed by atoms with Crippen LogP contribution in [0.5, 0.6) is 0 Å². The molecule has 1 aromatic heterocycles. The van der Waals surface area contributed by atoms with E-state index in [1.54, 1.807) is 23.3 Å². The number of furan rings is 1. The zero-order chi connectivity index (χ0) is 18.1. The molecule has 1 saturated heterocycles. The van der Waals surface area contributed by atoms with Crippen LogP contribution in [0.15, 0.2) is 47.1 Å². The molecule has 2 aromatic rings. The molecule has 5 nitrogen and oxygen atoms in total. The maximum Gasteiger partial charge on any atom is 0.228 e. The zero-order valence-corrected chi connectivity index (χ0v) is 14.4. The maximum atomic E-state index is 13.5. The van der Waals surface area contributed by atoms with Crippen molar-refractivity contribution in [3.8, 4) is 0 Å². The van der Waals surface area contributed by atoms with Gasteiger partial charge in [-0.15, -0.1) is 0 Å². The molecule has 4 rings (SSSR count). The van der Waals surface area contributed by atoms with Crippen molar-refractivity contribution in [2.75, 3.05) is 6.54 Å². The molecule has 26 heavy (non-hydrogen) atoms. The summed E-state index contributed by atoms with van der Waals surface area (Å²) in [5.74, 6) is 0.0385. The molecule has 1 aliphatic carbocycles. The normalized spacial score (nSPS) is 19.8. The van der Waals surface area contributed by atoms with Gasteiger partial charge >= 0.3 is 0 Å². The predicted molar refractivity (Wildman–Crippen MR) is 92.2 cm³/mol. The van der Waals surface area contributed by atoms with Crippen LogP contribution in [0.3, 0.4) is 0 Å². The molecule has 0 radical (unpaired) electrons. The summed E-state index contributed by atoms with van der Waals surface area (Å²) in [4.78, 5) is 28.8. The number of amides is 2. The number of hydrogen-bond donors (Lipinski definition) is 0. The molecular formula is C20H21FN2O3. The zero-order valence-electron chi connectivity index (χ0n) is 14.4. The molecule has 1 saturated carbocycles. The van der Waals surface area contributed by atoms with Crippen molar-refractivity contribution in [3.05, 3.63) is 59.8 Å². The molecule has 1 aromatic carbocycles. The van der Waals surface area contributed by atoms with E-state index in [1.165, 1.54) is 12.1 Å². The molecule has 0 N–H and O–H groups in total. The van der Waals surface area contributed by atoms with Crippen LogP contribution in [-0.2, 0) is 22.7 Å². The standard InChI is InChI=1S/C20H21FN2O3/c21-16-4-1-3-14(9-16)11-23(17-6-7-17)20(25)15-10-19(24)22(12-15)13-18-5-2-8-26-18/h1-5,8-9,15,17H,6-7,10-13H2. The smallest absolute Gasteiger partial charge is 0.228 e. The summed E-state index contributed by atoms with van der Waals surface area (Å²) in [5, 5.41) is 0. The van der Waals surface area contributed by atoms with Crippen molar-refractivity contribution in [1.82, 2.24) is 9.80 Å². The Labute approximate surface area is 151 Å². The summed E-state index contributed by atoms with van der Waals surface area (Å²) in [6.45, 7) is 1.19. The van der Waals surface area contributed by atoms with E-state index >= 15 is 0 Å². The largest absolute Gasteiger partial charge is 0.467 e. The highest BCUT2D eigenvalue weighted by Crippen LogP contribution is 2.32. The summed E-state index contributed by atoms with van der Waals surface area (Å²) in [7, 11) is 0. The highest BCUT2D eigenvalue weighted by atomic mass is 19.1. The van der Waals surface area contributed by atoms with Gasteiger partial charge in [-0.1, -0.05) is 12.1 Å². The first-order valence-corrected chi connectivity index (χ1v) is 8.95. The van der Waals surface area contributed by atoms with Crippen molar-refractivity contribution in [2.45, 2.75) is 38.4 Å². The minimum Gasteiger partial charge on any atom is -0.467 e. The Morgan fingerprint density at radius 1 is 1.27 bits per heavy atom. The van der Waals surface area contributed by atoms with E-state index in [9.17, 15) is 14.0 Å². The number of halogens is 1. The number of nitrogens with zero attached hydrogens (tertiary/aromatic N) is 2. The third kappa shape index (κ3) is 3.64. The fraction of sp³-hybridized carbons (Fsp3) is 0.400. The molecule has 1 aliphatic heterocycles. The van der Waals surface area contributed by atoms with Crippen molar-refractivity contribution < 1.29 is 18.4 Å². The van der Waals surface area contributed by atoms with Crippen LogP contribution >= 0.6 is 0 Å². The first-order valence-electron chi connectivity index (χ1n) is 8.95. The number of rotatable bonds is 6. The van der Waals surface area contributed by atoms with E-state index in [4.69, 9.17) is 4.42 Å². The molecule has 2 fully saturated rings. The highest BCUT2D eigenvalue weighted by molar-refractivity contribution is 5.89. The fourth-order valence-corrected chi connectivity index (χ4v) is 3.52. The Morgan fingerprint density at radius 3 is 2.81 bits per heavy atom. The van der Waals surface area contributed by atoms with E-state index in [2.05, 4.69) is 0 Å². The summed E-state index contributed by atoms with van der Waals surface area (Å²) >= 11 is 0. The molecule has 6 heteroatoms. The van der Waals surface area contributed by atoms with Gasteiger partial charge in [0.1, 0.15) is 11.6 Å². The second-order valence-electron chi connectivity index (χ2n) is 7.08. The summed E-state index contributed by atoms with van der Waals surface area (Å²) in [6.07, 6.45) is 3.74. The topological polar surface area (TPSA) is 53.8 Å². The lowest BCUT2D eigenvalue weighted by atomic mass is 10.1. The number of likely N-dealkylation sites (tertiary alicyclic amines) is 1.